The summed E-state index contributed by atoms with van der Waals surface area (Å²) in [5, 5.41) is 0.535. The Labute approximate surface area is 94.5 Å². The van der Waals surface area contributed by atoms with Crippen LogP contribution in [0.5, 0.6) is 5.75 Å². The first-order chi connectivity index (χ1) is 7.24. The second kappa shape index (κ2) is 4.45. The van der Waals surface area contributed by atoms with E-state index in [2.05, 4.69) is 0 Å². The number of thiocarbonyl (C=S) groups is 1. The number of ether oxygens (including phenoxy) is 2. The molecule has 78 valence electrons. The highest BCUT2D eigenvalue weighted by molar-refractivity contribution is 7.80. The van der Waals surface area contributed by atoms with E-state index in [0.29, 0.717) is 11.7 Å². The van der Waals surface area contributed by atoms with Crippen LogP contribution in [0.3, 0.4) is 0 Å². The van der Waals surface area contributed by atoms with E-state index >= 15 is 0 Å². The van der Waals surface area contributed by atoms with Gasteiger partial charge >= 0.3 is 0 Å². The fourth-order valence-electron chi connectivity index (χ4n) is 1.32. The monoisotopic (exact) mass is 220 g/mol. The predicted molar refractivity (Wildman–Crippen MR) is 63.3 cm³/mol. The summed E-state index contributed by atoms with van der Waals surface area (Å²) in [7, 11) is 0. The van der Waals surface area contributed by atoms with Gasteiger partial charge in [-0.2, -0.15) is 0 Å². The molecule has 1 aromatic rings. The van der Waals surface area contributed by atoms with Gasteiger partial charge in [0.15, 0.2) is 11.2 Å². The fraction of sp³-hybridized carbons (Fsp3) is 0.250. The molecular formula is C12H12O2S. The number of hydrogen-bond donors (Lipinski definition) is 0. The highest BCUT2D eigenvalue weighted by Crippen LogP contribution is 2.14. The summed E-state index contributed by atoms with van der Waals surface area (Å²) in [6.07, 6.45) is 3.66. The topological polar surface area (TPSA) is 18.5 Å². The minimum atomic E-state index is -0.0428. The van der Waals surface area contributed by atoms with E-state index in [1.807, 2.05) is 37.3 Å². The molecule has 2 rings (SSSR count). The van der Waals surface area contributed by atoms with Crippen molar-refractivity contribution in [3.8, 4) is 5.75 Å². The van der Waals surface area contributed by atoms with Crippen molar-refractivity contribution < 1.29 is 9.47 Å². The van der Waals surface area contributed by atoms with Crippen molar-refractivity contribution in [1.29, 1.82) is 0 Å². The second-order valence-corrected chi connectivity index (χ2v) is 3.86. The number of benzene rings is 1. The van der Waals surface area contributed by atoms with E-state index in [1.165, 1.54) is 5.56 Å². The maximum absolute atomic E-state index is 5.56. The van der Waals surface area contributed by atoms with Gasteiger partial charge in [-0.3, -0.25) is 0 Å². The first-order valence-corrected chi connectivity index (χ1v) is 5.23. The normalized spacial score (nSPS) is 19.0. The Kier molecular flexibility index (Phi) is 3.02. The first kappa shape index (κ1) is 10.2. The molecule has 0 radical (unpaired) electrons. The van der Waals surface area contributed by atoms with Gasteiger partial charge in [-0.1, -0.05) is 17.7 Å². The third-order valence-corrected chi connectivity index (χ3v) is 2.38. The molecule has 15 heavy (non-hydrogen) atoms. The fourth-order valence-corrected chi connectivity index (χ4v) is 1.52. The summed E-state index contributed by atoms with van der Waals surface area (Å²) >= 11 is 4.88. The number of hydrogen-bond acceptors (Lipinski definition) is 3. The standard InChI is InChI=1S/C12H12O2S/c1-9-2-4-10(5-3-9)13-8-11-6-7-12(15)14-11/h2-7,11H,8H2,1H3. The first-order valence-electron chi connectivity index (χ1n) is 4.82. The Balaban J connectivity index is 1.86. The summed E-state index contributed by atoms with van der Waals surface area (Å²) in [4.78, 5) is 0. The van der Waals surface area contributed by atoms with Gasteiger partial charge in [0.25, 0.3) is 0 Å². The van der Waals surface area contributed by atoms with Crippen LogP contribution in [0.4, 0.5) is 0 Å². The van der Waals surface area contributed by atoms with E-state index < -0.39 is 0 Å². The van der Waals surface area contributed by atoms with E-state index in [1.54, 1.807) is 6.08 Å². The van der Waals surface area contributed by atoms with Crippen LogP contribution in [0, 0.1) is 6.92 Å². The Morgan fingerprint density at radius 1 is 1.33 bits per heavy atom. The van der Waals surface area contributed by atoms with Gasteiger partial charge in [0.05, 0.1) is 0 Å². The highest BCUT2D eigenvalue weighted by Gasteiger charge is 2.14. The van der Waals surface area contributed by atoms with Gasteiger partial charge in [-0.25, -0.2) is 0 Å². The smallest absolute Gasteiger partial charge is 0.184 e. The molecule has 1 heterocycles. The highest BCUT2D eigenvalue weighted by atomic mass is 32.1. The molecule has 1 aliphatic heterocycles. The second-order valence-electron chi connectivity index (χ2n) is 3.46. The Morgan fingerprint density at radius 2 is 2.07 bits per heavy atom. The van der Waals surface area contributed by atoms with Crippen molar-refractivity contribution in [2.24, 2.45) is 0 Å². The van der Waals surface area contributed by atoms with Crippen molar-refractivity contribution in [3.63, 3.8) is 0 Å². The van der Waals surface area contributed by atoms with Crippen molar-refractivity contribution in [1.82, 2.24) is 0 Å². The third kappa shape index (κ3) is 2.80. The molecule has 0 saturated heterocycles. The third-order valence-electron chi connectivity index (χ3n) is 2.15. The van der Waals surface area contributed by atoms with Crippen LogP contribution in [0.25, 0.3) is 0 Å². The maximum Gasteiger partial charge on any atom is 0.184 e. The molecule has 0 saturated carbocycles. The van der Waals surface area contributed by atoms with Gasteiger partial charge in [0.1, 0.15) is 12.4 Å². The molecule has 0 spiro atoms. The quantitative estimate of drug-likeness (QED) is 0.730. The molecule has 1 unspecified atom stereocenters. The Bertz CT molecular complexity index is 381. The van der Waals surface area contributed by atoms with Gasteiger partial charge in [0.2, 0.25) is 0 Å². The SMILES string of the molecule is Cc1ccc(OCC2C=CC(=S)O2)cc1. The van der Waals surface area contributed by atoms with Crippen LogP contribution in [-0.2, 0) is 4.74 Å². The lowest BCUT2D eigenvalue weighted by atomic mass is 10.2. The van der Waals surface area contributed by atoms with Crippen LogP contribution < -0.4 is 4.74 Å². The summed E-state index contributed by atoms with van der Waals surface area (Å²) < 4.78 is 10.9. The summed E-state index contributed by atoms with van der Waals surface area (Å²) in [6.45, 7) is 2.55. The minimum Gasteiger partial charge on any atom is -0.489 e. The van der Waals surface area contributed by atoms with E-state index in [9.17, 15) is 0 Å². The molecule has 0 fully saturated rings. The molecule has 2 nitrogen and oxygen atoms in total. The molecule has 3 heteroatoms. The molecule has 0 bridgehead atoms. The van der Waals surface area contributed by atoms with Crippen LogP contribution in [0.2, 0.25) is 0 Å². The van der Waals surface area contributed by atoms with E-state index in [4.69, 9.17) is 21.7 Å². The zero-order valence-electron chi connectivity index (χ0n) is 8.47. The molecule has 0 N–H and O–H groups in total. The number of rotatable bonds is 3. The Hall–Kier alpha value is -1.35. The lowest BCUT2D eigenvalue weighted by molar-refractivity contribution is 0.167. The Morgan fingerprint density at radius 3 is 2.67 bits per heavy atom. The summed E-state index contributed by atoms with van der Waals surface area (Å²) in [5.74, 6) is 0.857. The zero-order valence-corrected chi connectivity index (χ0v) is 9.29. The molecule has 0 aromatic heterocycles. The molecule has 1 atom stereocenters. The maximum atomic E-state index is 5.56. The largest absolute Gasteiger partial charge is 0.489 e. The molecular weight excluding hydrogens is 208 g/mol. The molecule has 0 amide bonds. The average molecular weight is 220 g/mol. The molecule has 1 aromatic carbocycles. The van der Waals surface area contributed by atoms with Crippen LogP contribution in [-0.4, -0.2) is 17.8 Å². The van der Waals surface area contributed by atoms with E-state index in [-0.39, 0.29) is 6.10 Å². The lowest BCUT2D eigenvalue weighted by Crippen LogP contribution is -2.16. The number of aryl methyl sites for hydroxylation is 1. The van der Waals surface area contributed by atoms with Crippen LogP contribution in [0.15, 0.2) is 36.4 Å². The van der Waals surface area contributed by atoms with Crippen molar-refractivity contribution in [2.75, 3.05) is 6.61 Å². The lowest BCUT2D eigenvalue weighted by Gasteiger charge is -2.11. The summed E-state index contributed by atoms with van der Waals surface area (Å²) in [6, 6.07) is 7.94. The van der Waals surface area contributed by atoms with Crippen molar-refractivity contribution in [2.45, 2.75) is 13.0 Å². The summed E-state index contributed by atoms with van der Waals surface area (Å²) in [5.41, 5.74) is 1.22. The van der Waals surface area contributed by atoms with Crippen LogP contribution in [0.1, 0.15) is 5.56 Å². The van der Waals surface area contributed by atoms with Crippen molar-refractivity contribution >= 4 is 17.3 Å². The van der Waals surface area contributed by atoms with Gasteiger partial charge in [-0.05, 0) is 43.4 Å². The van der Waals surface area contributed by atoms with Crippen LogP contribution >= 0.6 is 12.2 Å². The van der Waals surface area contributed by atoms with Crippen molar-refractivity contribution in [3.05, 3.63) is 42.0 Å². The molecule has 1 aliphatic rings. The predicted octanol–water partition coefficient (Wildman–Crippen LogP) is 2.66. The minimum absolute atomic E-state index is 0.0428. The zero-order chi connectivity index (χ0) is 10.7. The van der Waals surface area contributed by atoms with Gasteiger partial charge < -0.3 is 9.47 Å². The average Bonchev–Trinajstić information content (AvgIpc) is 2.64. The van der Waals surface area contributed by atoms with Gasteiger partial charge in [0, 0.05) is 0 Å². The van der Waals surface area contributed by atoms with E-state index in [0.717, 1.165) is 5.75 Å². The molecule has 0 aliphatic carbocycles. The van der Waals surface area contributed by atoms with Gasteiger partial charge in [-0.15, -0.1) is 0 Å².